The summed E-state index contributed by atoms with van der Waals surface area (Å²) in [4.78, 5) is 12.1. The second-order valence-corrected chi connectivity index (χ2v) is 25.5. The zero-order valence-electron chi connectivity index (χ0n) is 27.6. The summed E-state index contributed by atoms with van der Waals surface area (Å²) >= 11 is 0. The molecule has 0 aliphatic rings. The summed E-state index contributed by atoms with van der Waals surface area (Å²) in [5, 5.41) is 0. The van der Waals surface area contributed by atoms with Crippen molar-refractivity contribution < 1.29 is 13.5 Å². The summed E-state index contributed by atoms with van der Waals surface area (Å²) in [6, 6.07) is 0. The number of hydrogen-bond acceptors (Lipinski definition) is 3. The van der Waals surface area contributed by atoms with Gasteiger partial charge in [-0.25, -0.2) is 0 Å². The predicted octanol–water partition coefficient (Wildman–Crippen LogP) is 12.6. The van der Waals surface area contributed by atoms with Crippen LogP contribution in [0.1, 0.15) is 158 Å². The van der Waals surface area contributed by atoms with Crippen LogP contribution in [0.25, 0.3) is 0 Å². The minimum absolute atomic E-state index is 1.19. The van der Waals surface area contributed by atoms with Gasteiger partial charge in [-0.15, -0.1) is 0 Å². The number of hydrogen-bond donors (Lipinski definition) is 1. The minimum atomic E-state index is -2.58. The fourth-order valence-electron chi connectivity index (χ4n) is 6.54. The molecule has 0 amide bonds. The van der Waals surface area contributed by atoms with Crippen LogP contribution >= 0.6 is 22.3 Å². The van der Waals surface area contributed by atoms with Crippen LogP contribution in [0.15, 0.2) is 0 Å². The van der Waals surface area contributed by atoms with Gasteiger partial charge in [-0.3, -0.25) is 0 Å². The molecule has 0 aromatic heterocycles. The molecule has 0 aromatic rings. The normalized spacial score (nSPS) is 15.6. The summed E-state index contributed by atoms with van der Waals surface area (Å²) in [5.74, 6) is 0. The monoisotopic (exact) mass is 598 g/mol. The Morgan fingerprint density at radius 2 is 0.526 bits per heavy atom. The van der Waals surface area contributed by atoms with Crippen molar-refractivity contribution in [3.05, 3.63) is 0 Å². The van der Waals surface area contributed by atoms with Crippen LogP contribution in [0.2, 0.25) is 0 Å². The molecular weight excluding hydrogens is 525 g/mol. The molecule has 0 aromatic carbocycles. The van der Waals surface area contributed by atoms with Crippen molar-refractivity contribution in [3.63, 3.8) is 0 Å². The SMILES string of the molecule is CCCCP(CCCC)(CCCC)(CCCC)OP(O)OP(CCCC)(CCCC)(CCCC)CCCC. The van der Waals surface area contributed by atoms with Gasteiger partial charge in [-0.1, -0.05) is 0 Å². The van der Waals surface area contributed by atoms with E-state index in [0.29, 0.717) is 0 Å². The Morgan fingerprint density at radius 1 is 0.368 bits per heavy atom. The summed E-state index contributed by atoms with van der Waals surface area (Å²) < 4.78 is 14.8. The van der Waals surface area contributed by atoms with E-state index in [4.69, 9.17) is 8.62 Å². The van der Waals surface area contributed by atoms with Crippen LogP contribution < -0.4 is 0 Å². The van der Waals surface area contributed by atoms with Gasteiger partial charge in [-0.05, 0) is 0 Å². The molecule has 0 saturated carbocycles. The van der Waals surface area contributed by atoms with Crippen molar-refractivity contribution in [1.29, 1.82) is 0 Å². The van der Waals surface area contributed by atoms with Gasteiger partial charge in [0.2, 0.25) is 0 Å². The van der Waals surface area contributed by atoms with Gasteiger partial charge in [0.25, 0.3) is 0 Å². The molecule has 0 fully saturated rings. The van der Waals surface area contributed by atoms with Crippen molar-refractivity contribution in [2.75, 3.05) is 49.3 Å². The molecule has 0 spiro atoms. The van der Waals surface area contributed by atoms with Crippen LogP contribution in [0.3, 0.4) is 0 Å². The van der Waals surface area contributed by atoms with Crippen LogP contribution in [-0.2, 0) is 8.62 Å². The fourth-order valence-corrected chi connectivity index (χ4v) is 24.3. The first-order valence-electron chi connectivity index (χ1n) is 17.1. The van der Waals surface area contributed by atoms with Gasteiger partial charge >= 0.3 is 243 Å². The molecule has 0 unspecified atom stereocenters. The molecule has 0 radical (unpaired) electrons. The van der Waals surface area contributed by atoms with Gasteiger partial charge in [0.15, 0.2) is 0 Å². The first-order chi connectivity index (χ1) is 18.2. The van der Waals surface area contributed by atoms with E-state index in [1.807, 2.05) is 0 Å². The second-order valence-electron chi connectivity index (χ2n) is 12.7. The zero-order valence-corrected chi connectivity index (χ0v) is 30.3. The number of unbranched alkanes of at least 4 members (excludes halogenated alkanes) is 8. The van der Waals surface area contributed by atoms with Gasteiger partial charge in [0.05, 0.1) is 0 Å². The second kappa shape index (κ2) is 21.0. The standard InChI is InChI=1S/C32H73O3P3/c1-9-17-25-37(26-18-10-2,27-19-11-3,28-20-12-4)34-36(33)35-38(29-21-13-5,30-22-14-6,31-23-15-7)32-24-16-8/h33H,9-32H2,1-8H3. The summed E-state index contributed by atoms with van der Waals surface area (Å²) in [5.41, 5.74) is 0. The third-order valence-corrected chi connectivity index (χ3v) is 25.6. The molecule has 38 heavy (non-hydrogen) atoms. The molecule has 234 valence electrons. The Balaban J connectivity index is 6.73. The van der Waals surface area contributed by atoms with E-state index in [1.54, 1.807) is 0 Å². The Labute approximate surface area is 242 Å². The van der Waals surface area contributed by atoms with Crippen molar-refractivity contribution in [2.45, 2.75) is 158 Å². The molecule has 0 aliphatic carbocycles. The quantitative estimate of drug-likeness (QED) is 0.0911. The topological polar surface area (TPSA) is 38.7 Å². The zero-order chi connectivity index (χ0) is 28.9. The van der Waals surface area contributed by atoms with E-state index >= 15 is 0 Å². The first kappa shape index (κ1) is 39.2. The molecule has 6 heteroatoms. The molecule has 0 bridgehead atoms. The summed E-state index contributed by atoms with van der Waals surface area (Å²) in [6.07, 6.45) is 28.9. The molecule has 0 aliphatic heterocycles. The Bertz CT molecular complexity index is 437. The third-order valence-electron chi connectivity index (χ3n) is 9.22. The van der Waals surface area contributed by atoms with E-state index < -0.39 is 22.3 Å². The van der Waals surface area contributed by atoms with E-state index in [2.05, 4.69) is 55.4 Å². The van der Waals surface area contributed by atoms with Gasteiger partial charge in [0, 0.05) is 0 Å². The van der Waals surface area contributed by atoms with Crippen LogP contribution in [-0.4, -0.2) is 54.2 Å². The van der Waals surface area contributed by atoms with Crippen molar-refractivity contribution >= 4 is 22.3 Å². The molecule has 1 N–H and O–H groups in total. The maximum atomic E-state index is 12.1. The van der Waals surface area contributed by atoms with Gasteiger partial charge < -0.3 is 0 Å². The molecule has 0 atom stereocenters. The van der Waals surface area contributed by atoms with Crippen LogP contribution in [0.4, 0.5) is 0 Å². The fraction of sp³-hybridized carbons (Fsp3) is 1.00. The first-order valence-corrected chi connectivity index (χ1v) is 24.0. The maximum absolute atomic E-state index is 12.1. The van der Waals surface area contributed by atoms with Crippen molar-refractivity contribution in [1.82, 2.24) is 0 Å². The molecule has 0 heterocycles. The van der Waals surface area contributed by atoms with Crippen LogP contribution in [0, 0.1) is 0 Å². The molecule has 0 saturated heterocycles. The molecular formula is C32H73O3P3. The average molecular weight is 599 g/mol. The molecule has 3 nitrogen and oxygen atoms in total. The third kappa shape index (κ3) is 13.0. The summed E-state index contributed by atoms with van der Waals surface area (Å²) in [7, 11) is -1.87. The Kier molecular flexibility index (Phi) is 21.6. The summed E-state index contributed by atoms with van der Waals surface area (Å²) in [6.45, 7) is 13.4. The van der Waals surface area contributed by atoms with Gasteiger partial charge in [0.1, 0.15) is 0 Å². The molecule has 0 rings (SSSR count). The Morgan fingerprint density at radius 3 is 0.658 bits per heavy atom. The van der Waals surface area contributed by atoms with E-state index in [9.17, 15) is 4.89 Å². The average Bonchev–Trinajstić information content (AvgIpc) is 2.93. The van der Waals surface area contributed by atoms with Crippen molar-refractivity contribution in [2.24, 2.45) is 0 Å². The Hall–Kier alpha value is 1.17. The predicted molar refractivity (Wildman–Crippen MR) is 183 cm³/mol. The number of rotatable bonds is 28. The van der Waals surface area contributed by atoms with Crippen molar-refractivity contribution in [3.8, 4) is 0 Å². The van der Waals surface area contributed by atoms with E-state index in [1.165, 1.54) is 152 Å². The van der Waals surface area contributed by atoms with Crippen LogP contribution in [0.5, 0.6) is 0 Å². The van der Waals surface area contributed by atoms with E-state index in [-0.39, 0.29) is 0 Å². The van der Waals surface area contributed by atoms with Gasteiger partial charge in [-0.2, -0.15) is 0 Å². The van der Waals surface area contributed by atoms with E-state index in [0.717, 1.165) is 0 Å².